The molecule has 1 aliphatic rings. The van der Waals surface area contributed by atoms with Crippen LogP contribution in [0.2, 0.25) is 0 Å². The second-order valence-corrected chi connectivity index (χ2v) is 14.1. The van der Waals surface area contributed by atoms with Gasteiger partial charge in [-0.2, -0.15) is 13.2 Å². The van der Waals surface area contributed by atoms with Crippen LogP contribution in [0, 0.1) is 0 Å². The van der Waals surface area contributed by atoms with Crippen LogP contribution in [-0.2, 0) is 30.9 Å². The van der Waals surface area contributed by atoms with Crippen LogP contribution >= 0.6 is 22.7 Å². The number of nitrogens with one attached hydrogen (secondary N) is 2. The van der Waals surface area contributed by atoms with Gasteiger partial charge in [0.2, 0.25) is 5.91 Å². The second-order valence-electron chi connectivity index (χ2n) is 9.99. The summed E-state index contributed by atoms with van der Waals surface area (Å²) in [5, 5.41) is 13.7. The molecule has 3 aromatic heterocycles. The Kier molecular flexibility index (Phi) is 11.2. The highest BCUT2D eigenvalue weighted by atomic mass is 32.2. The predicted octanol–water partition coefficient (Wildman–Crippen LogP) is 4.93. The molecule has 1 aromatic carbocycles. The van der Waals surface area contributed by atoms with Gasteiger partial charge in [0.1, 0.15) is 9.22 Å². The molecule has 4 heterocycles. The number of carboxylic acid groups (broad SMARTS) is 1. The van der Waals surface area contributed by atoms with Crippen molar-refractivity contribution in [3.63, 3.8) is 0 Å². The average molecular weight is 688 g/mol. The Morgan fingerprint density at radius 2 is 2.02 bits per heavy atom. The van der Waals surface area contributed by atoms with E-state index in [0.29, 0.717) is 23.1 Å². The minimum absolute atomic E-state index is 0.00903. The van der Waals surface area contributed by atoms with Gasteiger partial charge in [0.15, 0.2) is 0 Å². The van der Waals surface area contributed by atoms with Crippen molar-refractivity contribution >= 4 is 61.2 Å². The number of carbonyl (C=O) groups excluding carboxylic acids is 1. The molecule has 0 radical (unpaired) electrons. The highest BCUT2D eigenvalue weighted by molar-refractivity contribution is 7.94. The van der Waals surface area contributed by atoms with Gasteiger partial charge in [-0.15, -0.1) is 22.7 Å². The van der Waals surface area contributed by atoms with E-state index in [1.54, 1.807) is 35.8 Å². The summed E-state index contributed by atoms with van der Waals surface area (Å²) in [7, 11) is -3.75. The monoisotopic (exact) mass is 687 g/mol. The number of aliphatic carboxylic acids is 1. The number of alkyl halides is 3. The molecule has 3 N–H and O–H groups in total. The van der Waals surface area contributed by atoms with E-state index in [0.717, 1.165) is 52.5 Å². The summed E-state index contributed by atoms with van der Waals surface area (Å²) in [6.07, 6.45) is -2.24. The number of nitrogens with zero attached hydrogens (tertiary/aromatic N) is 3. The maximum absolute atomic E-state index is 13.6. The summed E-state index contributed by atoms with van der Waals surface area (Å²) in [5.41, 5.74) is 2.17. The largest absolute Gasteiger partial charge is 0.490 e. The van der Waals surface area contributed by atoms with Crippen LogP contribution in [0.15, 0.2) is 52.2 Å². The predicted molar refractivity (Wildman–Crippen MR) is 166 cm³/mol. The van der Waals surface area contributed by atoms with E-state index in [4.69, 9.17) is 14.6 Å². The van der Waals surface area contributed by atoms with Gasteiger partial charge in [-0.25, -0.2) is 18.2 Å². The number of anilines is 1. The quantitative estimate of drug-likeness (QED) is 0.188. The van der Waals surface area contributed by atoms with Crippen molar-refractivity contribution in [3.8, 4) is 10.7 Å². The Labute approximate surface area is 265 Å². The van der Waals surface area contributed by atoms with Crippen molar-refractivity contribution in [1.29, 1.82) is 0 Å². The Balaban J connectivity index is 0.000000591. The topological polar surface area (TPSA) is 145 Å². The number of H-pyrrole nitrogens is 1. The fourth-order valence-corrected chi connectivity index (χ4v) is 8.24. The first-order chi connectivity index (χ1) is 21.3. The van der Waals surface area contributed by atoms with Gasteiger partial charge in [-0.05, 0) is 36.9 Å². The normalized spacial score (nSPS) is 15.5. The minimum Gasteiger partial charge on any atom is -0.475 e. The lowest BCUT2D eigenvalue weighted by Gasteiger charge is -2.24. The zero-order chi connectivity index (χ0) is 32.8. The van der Waals surface area contributed by atoms with Crippen LogP contribution in [0.3, 0.4) is 0 Å². The van der Waals surface area contributed by atoms with E-state index < -0.39 is 22.2 Å². The molecule has 45 heavy (non-hydrogen) atoms. The maximum atomic E-state index is 13.6. The van der Waals surface area contributed by atoms with E-state index in [-0.39, 0.29) is 18.5 Å². The number of thiophene rings is 1. The summed E-state index contributed by atoms with van der Waals surface area (Å²) >= 11 is 2.82. The number of benzene rings is 1. The number of carboxylic acids is 1. The van der Waals surface area contributed by atoms with Crippen molar-refractivity contribution in [1.82, 2.24) is 20.2 Å². The number of fused-ring (bicyclic) bond motifs is 1. The van der Waals surface area contributed by atoms with E-state index in [1.165, 1.54) is 15.6 Å². The first-order valence-corrected chi connectivity index (χ1v) is 16.9. The van der Waals surface area contributed by atoms with E-state index >= 15 is 0 Å². The van der Waals surface area contributed by atoms with Crippen molar-refractivity contribution in [2.45, 2.75) is 43.2 Å². The molecule has 11 nitrogen and oxygen atoms in total. The van der Waals surface area contributed by atoms with Gasteiger partial charge in [0, 0.05) is 55.7 Å². The van der Waals surface area contributed by atoms with E-state index in [2.05, 4.69) is 20.2 Å². The Morgan fingerprint density at radius 1 is 1.27 bits per heavy atom. The Bertz CT molecular complexity index is 1710. The molecule has 0 saturated carbocycles. The van der Waals surface area contributed by atoms with Crippen molar-refractivity contribution in [2.24, 2.45) is 0 Å². The molecule has 1 amide bonds. The number of hydrogen-bond donors (Lipinski definition) is 3. The van der Waals surface area contributed by atoms with E-state index in [1.807, 2.05) is 37.4 Å². The van der Waals surface area contributed by atoms with Gasteiger partial charge >= 0.3 is 12.1 Å². The first-order valence-electron chi connectivity index (χ1n) is 13.8. The zero-order valence-corrected chi connectivity index (χ0v) is 26.8. The number of aromatic nitrogens is 2. The van der Waals surface area contributed by atoms with Crippen LogP contribution in [0.25, 0.3) is 21.6 Å². The standard InChI is InChI=1S/C26H31N5O4S3.C2HF3O2/c1-3-35-12-11-31(38(33,34)24-8-5-13-36-24)23-7-4-6-19-14-22(29-25(19)23)26-27-15-21(37-26)17-30-10-9-20(16-30)28-18(2)32;3-2(4,5)1(6)7/h4-8,13-15,20,29H,3,9-12,16-17H2,1-2H3,(H,28,32);(H,6,7). The van der Waals surface area contributed by atoms with Crippen LogP contribution in [0.1, 0.15) is 25.1 Å². The highest BCUT2D eigenvalue weighted by Crippen LogP contribution is 2.35. The minimum atomic E-state index is -5.08. The molecule has 1 saturated heterocycles. The average Bonchev–Trinajstić information content (AvgIpc) is 3.78. The van der Waals surface area contributed by atoms with Crippen molar-refractivity contribution < 1.29 is 41.0 Å². The second kappa shape index (κ2) is 14.7. The zero-order valence-electron chi connectivity index (χ0n) is 24.3. The van der Waals surface area contributed by atoms with Gasteiger partial charge in [-0.1, -0.05) is 18.2 Å². The van der Waals surface area contributed by atoms with Crippen LogP contribution in [-0.4, -0.2) is 85.3 Å². The molecule has 0 bridgehead atoms. The number of likely N-dealkylation sites (tertiary alicyclic amines) is 1. The summed E-state index contributed by atoms with van der Waals surface area (Å²) < 4.78 is 66.2. The Morgan fingerprint density at radius 3 is 2.67 bits per heavy atom. The Hall–Kier alpha value is -3.51. The third-order valence-electron chi connectivity index (χ3n) is 6.67. The number of ether oxygens (including phenoxy) is 1. The number of para-hydroxylation sites is 1. The van der Waals surface area contributed by atoms with Crippen molar-refractivity contribution in [3.05, 3.63) is 52.9 Å². The summed E-state index contributed by atoms with van der Waals surface area (Å²) in [4.78, 5) is 31.8. The molecule has 1 atom stereocenters. The summed E-state index contributed by atoms with van der Waals surface area (Å²) in [6.45, 7) is 7.01. The molecule has 4 aromatic rings. The lowest BCUT2D eigenvalue weighted by Crippen LogP contribution is -2.35. The third kappa shape index (κ3) is 8.82. The number of aromatic amines is 1. The fraction of sp³-hybridized carbons (Fsp3) is 0.393. The molecule has 1 unspecified atom stereocenters. The molecule has 1 fully saturated rings. The summed E-state index contributed by atoms with van der Waals surface area (Å²) in [6, 6.07) is 11.3. The SMILES string of the molecule is CCOCCN(c1cccc2cc(-c3ncc(CN4CCC(NC(C)=O)C4)s3)[nH]c12)S(=O)(=O)c1cccs1.O=C(O)C(F)(F)F. The molecule has 0 aliphatic carbocycles. The van der Waals surface area contributed by atoms with Crippen LogP contribution in [0.5, 0.6) is 0 Å². The van der Waals surface area contributed by atoms with Crippen LogP contribution in [0.4, 0.5) is 18.9 Å². The fourth-order valence-electron chi connectivity index (χ4n) is 4.75. The molecular weight excluding hydrogens is 656 g/mol. The van der Waals surface area contributed by atoms with Gasteiger partial charge in [0.25, 0.3) is 10.0 Å². The molecule has 1 aliphatic heterocycles. The molecule has 244 valence electrons. The first kappa shape index (κ1) is 34.4. The van der Waals surface area contributed by atoms with Gasteiger partial charge in [0.05, 0.1) is 30.0 Å². The van der Waals surface area contributed by atoms with Crippen molar-refractivity contribution in [2.75, 3.05) is 37.2 Å². The third-order valence-corrected chi connectivity index (χ3v) is 10.9. The smallest absolute Gasteiger partial charge is 0.475 e. The van der Waals surface area contributed by atoms with Gasteiger partial charge in [-0.3, -0.25) is 14.0 Å². The number of sulfonamides is 1. The number of halogens is 3. The maximum Gasteiger partial charge on any atom is 0.490 e. The number of thiazole rings is 1. The van der Waals surface area contributed by atoms with Gasteiger partial charge < -0.3 is 20.1 Å². The number of hydrogen-bond acceptors (Lipinski definition) is 9. The lowest BCUT2D eigenvalue weighted by atomic mass is 10.2. The summed E-state index contributed by atoms with van der Waals surface area (Å²) in [5.74, 6) is -2.75. The molecule has 5 rings (SSSR count). The molecule has 0 spiro atoms. The highest BCUT2D eigenvalue weighted by Gasteiger charge is 2.38. The molecule has 17 heteroatoms. The van der Waals surface area contributed by atoms with E-state index in [9.17, 15) is 26.4 Å². The lowest BCUT2D eigenvalue weighted by molar-refractivity contribution is -0.192. The number of amides is 1. The van der Waals surface area contributed by atoms with Crippen LogP contribution < -0.4 is 9.62 Å². The number of carbonyl (C=O) groups is 2. The number of rotatable bonds is 11. The molecular formula is C28H32F3N5O6S3.